The Labute approximate surface area is 249 Å². The number of methoxy groups -OCH3 is 1. The molecule has 2 aromatic heterocycles. The Bertz CT molecular complexity index is 1660. The van der Waals surface area contributed by atoms with Gasteiger partial charge in [-0.3, -0.25) is 4.90 Å². The van der Waals surface area contributed by atoms with Gasteiger partial charge in [-0.2, -0.15) is 5.26 Å². The third-order valence-electron chi connectivity index (χ3n) is 8.33. The van der Waals surface area contributed by atoms with E-state index in [-0.39, 0.29) is 30.2 Å². The second-order valence-corrected chi connectivity index (χ2v) is 11.1. The molecule has 2 aromatic carbocycles. The van der Waals surface area contributed by atoms with Gasteiger partial charge in [0, 0.05) is 29.8 Å². The van der Waals surface area contributed by atoms with Gasteiger partial charge in [-0.1, -0.05) is 12.1 Å². The highest BCUT2D eigenvalue weighted by atomic mass is 19.1. The summed E-state index contributed by atoms with van der Waals surface area (Å²) in [5.74, 6) is 0.885. The number of likely N-dealkylation sites (tertiary alicyclic amines) is 1. The molecule has 6 rings (SSSR count). The van der Waals surface area contributed by atoms with Crippen molar-refractivity contribution in [2.45, 2.75) is 57.4 Å². The summed E-state index contributed by atoms with van der Waals surface area (Å²) in [6.07, 6.45) is 4.14. The molecule has 2 aliphatic rings. The molecular formula is C33H34FN5O4. The highest BCUT2D eigenvalue weighted by molar-refractivity contribution is 5.93. The number of fused-ring (bicyclic) bond motifs is 1. The van der Waals surface area contributed by atoms with Gasteiger partial charge in [0.2, 0.25) is 5.88 Å². The van der Waals surface area contributed by atoms with Crippen molar-refractivity contribution in [3.05, 3.63) is 88.6 Å². The molecule has 9 nitrogen and oxygen atoms in total. The summed E-state index contributed by atoms with van der Waals surface area (Å²) in [7, 11) is 1.39. The maximum atomic E-state index is 14.3. The second kappa shape index (κ2) is 12.9. The second-order valence-electron chi connectivity index (χ2n) is 11.1. The summed E-state index contributed by atoms with van der Waals surface area (Å²) in [4.78, 5) is 24.4. The molecule has 0 saturated carbocycles. The standard InChI is InChI=1S/C33H34FN5O4/c1-41-33(40)24-9-10-29-30(17-24)39(19-26-12-15-42-26)31(36-29)20-38-13-3-4-23(11-14-38)28-5-2-6-32(37-28)43-21-25-8-7-22(18-35)16-27(25)34/h2,5-10,16-17,23,26H,3-4,11-15,19-21H2,1H3/t23?,26-/m0/s1. The number of halogens is 1. The smallest absolute Gasteiger partial charge is 0.337 e. The van der Waals surface area contributed by atoms with Gasteiger partial charge in [0.05, 0.1) is 54.5 Å². The first-order valence-corrected chi connectivity index (χ1v) is 14.7. The number of ether oxygens (including phenoxy) is 3. The third-order valence-corrected chi connectivity index (χ3v) is 8.33. The summed E-state index contributed by atoms with van der Waals surface area (Å²) in [6, 6.07) is 17.6. The number of nitrogens with zero attached hydrogens (tertiary/aromatic N) is 5. The zero-order chi connectivity index (χ0) is 29.8. The fraction of sp³-hybridized carbons (Fsp3) is 0.394. The van der Waals surface area contributed by atoms with Crippen LogP contribution in [0.15, 0.2) is 54.6 Å². The number of rotatable bonds is 9. The summed E-state index contributed by atoms with van der Waals surface area (Å²) < 4.78 is 33.0. The Hall–Kier alpha value is -4.33. The van der Waals surface area contributed by atoms with Crippen LogP contribution in [0.5, 0.6) is 5.88 Å². The first-order chi connectivity index (χ1) is 21.0. The number of hydrogen-bond donors (Lipinski definition) is 0. The molecule has 0 aliphatic carbocycles. The lowest BCUT2D eigenvalue weighted by atomic mass is 9.96. The fourth-order valence-corrected chi connectivity index (χ4v) is 5.81. The maximum Gasteiger partial charge on any atom is 0.337 e. The van der Waals surface area contributed by atoms with Gasteiger partial charge in [0.1, 0.15) is 18.2 Å². The molecule has 0 spiro atoms. The van der Waals surface area contributed by atoms with E-state index in [1.165, 1.54) is 13.2 Å². The van der Waals surface area contributed by atoms with Gasteiger partial charge in [0.15, 0.2) is 0 Å². The molecule has 1 unspecified atom stereocenters. The molecule has 2 fully saturated rings. The van der Waals surface area contributed by atoms with Crippen LogP contribution in [0.25, 0.3) is 11.0 Å². The molecule has 222 valence electrons. The first kappa shape index (κ1) is 28.8. The van der Waals surface area contributed by atoms with Crippen molar-refractivity contribution in [1.29, 1.82) is 5.26 Å². The topological polar surface area (TPSA) is 102 Å². The summed E-state index contributed by atoms with van der Waals surface area (Å²) in [6.45, 7) is 4.07. The van der Waals surface area contributed by atoms with Crippen LogP contribution in [0.2, 0.25) is 0 Å². The van der Waals surface area contributed by atoms with E-state index in [0.29, 0.717) is 30.1 Å². The van der Waals surface area contributed by atoms with Crippen LogP contribution in [0.1, 0.15) is 64.6 Å². The Morgan fingerprint density at radius 3 is 2.77 bits per heavy atom. The number of carbonyl (C=O) groups excluding carboxylic acids is 1. The predicted octanol–water partition coefficient (Wildman–Crippen LogP) is 5.37. The van der Waals surface area contributed by atoms with E-state index >= 15 is 0 Å². The van der Waals surface area contributed by atoms with Crippen LogP contribution >= 0.6 is 0 Å². The van der Waals surface area contributed by atoms with Crippen molar-refractivity contribution in [2.24, 2.45) is 0 Å². The van der Waals surface area contributed by atoms with Gasteiger partial charge >= 0.3 is 5.97 Å². The number of nitriles is 1. The predicted molar refractivity (Wildman–Crippen MR) is 157 cm³/mol. The van der Waals surface area contributed by atoms with Crippen LogP contribution in [-0.2, 0) is 29.2 Å². The Balaban J connectivity index is 1.13. The Morgan fingerprint density at radius 1 is 1.12 bits per heavy atom. The van der Waals surface area contributed by atoms with Crippen molar-refractivity contribution in [3.63, 3.8) is 0 Å². The number of imidazole rings is 1. The fourth-order valence-electron chi connectivity index (χ4n) is 5.81. The molecule has 4 heterocycles. The number of aromatic nitrogens is 3. The molecule has 43 heavy (non-hydrogen) atoms. The van der Waals surface area contributed by atoms with Crippen LogP contribution in [0.4, 0.5) is 4.39 Å². The largest absolute Gasteiger partial charge is 0.473 e. The average Bonchev–Trinajstić information content (AvgIpc) is 3.16. The van der Waals surface area contributed by atoms with E-state index in [4.69, 9.17) is 29.4 Å². The molecule has 2 saturated heterocycles. The quantitative estimate of drug-likeness (QED) is 0.243. The minimum Gasteiger partial charge on any atom is -0.473 e. The molecule has 0 bridgehead atoms. The normalized spacial score (nSPS) is 18.9. The molecule has 0 N–H and O–H groups in total. The van der Waals surface area contributed by atoms with E-state index < -0.39 is 5.82 Å². The first-order valence-electron chi connectivity index (χ1n) is 14.7. The van der Waals surface area contributed by atoms with Crippen molar-refractivity contribution in [1.82, 2.24) is 19.4 Å². The van der Waals surface area contributed by atoms with Gasteiger partial charge in [-0.25, -0.2) is 19.2 Å². The van der Waals surface area contributed by atoms with Crippen molar-refractivity contribution in [2.75, 3.05) is 26.8 Å². The van der Waals surface area contributed by atoms with E-state index in [1.807, 2.05) is 30.3 Å². The zero-order valence-electron chi connectivity index (χ0n) is 24.2. The van der Waals surface area contributed by atoms with Crippen molar-refractivity contribution in [3.8, 4) is 11.9 Å². The van der Waals surface area contributed by atoms with E-state index in [2.05, 4.69) is 9.47 Å². The van der Waals surface area contributed by atoms with Crippen molar-refractivity contribution >= 4 is 17.0 Å². The van der Waals surface area contributed by atoms with Gasteiger partial charge in [-0.15, -0.1) is 0 Å². The number of esters is 1. The highest BCUT2D eigenvalue weighted by Gasteiger charge is 2.25. The lowest BCUT2D eigenvalue weighted by Crippen LogP contribution is -2.33. The Morgan fingerprint density at radius 2 is 2.00 bits per heavy atom. The van der Waals surface area contributed by atoms with Crippen LogP contribution in [0.3, 0.4) is 0 Å². The average molecular weight is 584 g/mol. The van der Waals surface area contributed by atoms with E-state index in [9.17, 15) is 9.18 Å². The summed E-state index contributed by atoms with van der Waals surface area (Å²) in [5, 5.41) is 8.96. The molecule has 10 heteroatoms. The monoisotopic (exact) mass is 583 g/mol. The van der Waals surface area contributed by atoms with E-state index in [1.54, 1.807) is 24.3 Å². The lowest BCUT2D eigenvalue weighted by Gasteiger charge is -2.28. The number of hydrogen-bond acceptors (Lipinski definition) is 8. The maximum absolute atomic E-state index is 14.3. The summed E-state index contributed by atoms with van der Waals surface area (Å²) in [5.41, 5.74) is 3.92. The number of benzene rings is 2. The van der Waals surface area contributed by atoms with Gasteiger partial charge in [-0.05, 0) is 75.2 Å². The third kappa shape index (κ3) is 6.53. The summed E-state index contributed by atoms with van der Waals surface area (Å²) >= 11 is 0. The molecule has 0 amide bonds. The molecule has 2 aliphatic heterocycles. The van der Waals surface area contributed by atoms with E-state index in [0.717, 1.165) is 67.9 Å². The van der Waals surface area contributed by atoms with Crippen LogP contribution in [-0.4, -0.2) is 58.3 Å². The van der Waals surface area contributed by atoms with Gasteiger partial charge in [0.25, 0.3) is 0 Å². The molecule has 0 radical (unpaired) electrons. The lowest BCUT2D eigenvalue weighted by molar-refractivity contribution is -0.0592. The van der Waals surface area contributed by atoms with Crippen molar-refractivity contribution < 1.29 is 23.4 Å². The van der Waals surface area contributed by atoms with Crippen LogP contribution in [0, 0.1) is 17.1 Å². The minimum absolute atomic E-state index is 0.0421. The minimum atomic E-state index is -0.461. The van der Waals surface area contributed by atoms with Crippen LogP contribution < -0.4 is 4.74 Å². The molecule has 2 atom stereocenters. The highest BCUT2D eigenvalue weighted by Crippen LogP contribution is 2.30. The zero-order valence-corrected chi connectivity index (χ0v) is 24.2. The Kier molecular flexibility index (Phi) is 8.63. The number of pyridine rings is 1. The molecular weight excluding hydrogens is 549 g/mol. The SMILES string of the molecule is COC(=O)c1ccc2nc(CN3CCCC(c4cccc(OCc5ccc(C#N)cc5F)n4)CC3)n(C[C@@H]3CCO3)c2c1. The van der Waals surface area contributed by atoms with Gasteiger partial charge < -0.3 is 18.8 Å². The molecule has 4 aromatic rings. The number of carbonyl (C=O) groups is 1.